The average molecular weight is 369 g/mol. The average Bonchev–Trinajstić information content (AvgIpc) is 2.44. The Bertz CT molecular complexity index is 619. The second-order valence-electron chi connectivity index (χ2n) is 5.95. The number of carbonyl (C=O) groups is 2. The van der Waals surface area contributed by atoms with Gasteiger partial charge in [0.2, 0.25) is 0 Å². The topological polar surface area (TPSA) is 60.4 Å². The fourth-order valence-corrected chi connectivity index (χ4v) is 3.74. The quantitative estimate of drug-likeness (QED) is 0.753. The fraction of sp³-hybridized carbons (Fsp3) is 0.500. The molecular formula is C16H21BrN2O3. The van der Waals surface area contributed by atoms with Gasteiger partial charge in [0.15, 0.2) is 0 Å². The van der Waals surface area contributed by atoms with Gasteiger partial charge in [-0.05, 0) is 26.0 Å². The maximum absolute atomic E-state index is 12.3. The predicted octanol–water partition coefficient (Wildman–Crippen LogP) is 2.43. The summed E-state index contributed by atoms with van der Waals surface area (Å²) in [5, 5.41) is 11.5. The minimum absolute atomic E-state index is 0.00965. The van der Waals surface area contributed by atoms with Crippen LogP contribution in [-0.2, 0) is 4.79 Å². The van der Waals surface area contributed by atoms with Crippen LogP contribution in [0.25, 0.3) is 0 Å². The van der Waals surface area contributed by atoms with E-state index in [0.29, 0.717) is 13.0 Å². The molecule has 0 aliphatic carbocycles. The summed E-state index contributed by atoms with van der Waals surface area (Å²) in [6, 6.07) is 5.42. The summed E-state index contributed by atoms with van der Waals surface area (Å²) in [6.45, 7) is 5.72. The molecule has 22 heavy (non-hydrogen) atoms. The first-order valence-corrected chi connectivity index (χ1v) is 8.17. The van der Waals surface area contributed by atoms with E-state index in [4.69, 9.17) is 0 Å². The molecule has 1 heterocycles. The van der Waals surface area contributed by atoms with Gasteiger partial charge in [0, 0.05) is 29.1 Å². The second kappa shape index (κ2) is 6.01. The normalized spacial score (nSPS) is 27.1. The van der Waals surface area contributed by atoms with Crippen LogP contribution in [0, 0.1) is 0 Å². The van der Waals surface area contributed by atoms with E-state index in [1.165, 1.54) is 4.90 Å². The Morgan fingerprint density at radius 2 is 2.09 bits per heavy atom. The van der Waals surface area contributed by atoms with Gasteiger partial charge in [-0.1, -0.05) is 15.9 Å². The molecule has 2 rings (SSSR count). The molecule has 0 saturated carbocycles. The minimum Gasteiger partial charge on any atom is -0.530 e. The van der Waals surface area contributed by atoms with Crippen molar-refractivity contribution in [2.75, 3.05) is 13.6 Å². The Balaban J connectivity index is 2.66. The van der Waals surface area contributed by atoms with Gasteiger partial charge in [0.1, 0.15) is 11.8 Å². The maximum Gasteiger partial charge on any atom is 0.315 e. The Labute approximate surface area is 139 Å². The zero-order valence-electron chi connectivity index (χ0n) is 13.3. The van der Waals surface area contributed by atoms with Crippen molar-refractivity contribution in [2.45, 2.75) is 39.3 Å². The maximum atomic E-state index is 12.3. The Morgan fingerprint density at radius 3 is 2.59 bits per heavy atom. The van der Waals surface area contributed by atoms with E-state index in [0.717, 1.165) is 15.7 Å². The molecule has 0 bridgehead atoms. The molecule has 0 aromatic heterocycles. The van der Waals surface area contributed by atoms with Crippen molar-refractivity contribution in [1.29, 1.82) is 0 Å². The van der Waals surface area contributed by atoms with Crippen molar-refractivity contribution in [3.05, 3.63) is 28.2 Å². The molecule has 120 valence electrons. The van der Waals surface area contributed by atoms with Crippen LogP contribution in [0.5, 0.6) is 0 Å². The van der Waals surface area contributed by atoms with Crippen LogP contribution in [0.4, 0.5) is 10.5 Å². The molecule has 2 amide bonds. The van der Waals surface area contributed by atoms with Crippen LogP contribution in [0.3, 0.4) is 0 Å². The Morgan fingerprint density at radius 1 is 1.45 bits per heavy atom. The van der Waals surface area contributed by atoms with Crippen LogP contribution in [0.1, 0.15) is 38.8 Å². The van der Waals surface area contributed by atoms with E-state index in [1.807, 2.05) is 32.2 Å². The van der Waals surface area contributed by atoms with Gasteiger partial charge in [-0.15, -0.1) is 0 Å². The molecule has 0 N–H and O–H groups in total. The number of rotatable bonds is 2. The van der Waals surface area contributed by atoms with Crippen LogP contribution in [-0.4, -0.2) is 36.5 Å². The third kappa shape index (κ3) is 2.54. The van der Waals surface area contributed by atoms with E-state index in [1.54, 1.807) is 13.8 Å². The molecule has 1 unspecified atom stereocenters. The van der Waals surface area contributed by atoms with Crippen LogP contribution >= 0.6 is 15.9 Å². The number of carboxylic acid groups (broad SMARTS) is 1. The van der Waals surface area contributed by atoms with Gasteiger partial charge in [0.05, 0.1) is 26.1 Å². The molecule has 1 aromatic carbocycles. The van der Waals surface area contributed by atoms with E-state index in [9.17, 15) is 14.7 Å². The third-order valence-electron chi connectivity index (χ3n) is 4.90. The van der Waals surface area contributed by atoms with Crippen molar-refractivity contribution in [3.8, 4) is 0 Å². The second-order valence-corrected chi connectivity index (χ2v) is 6.87. The highest BCUT2D eigenvalue weighted by molar-refractivity contribution is 9.10. The summed E-state index contributed by atoms with van der Waals surface area (Å²) >= 11 is 3.44. The van der Waals surface area contributed by atoms with E-state index in [2.05, 4.69) is 15.9 Å². The lowest BCUT2D eigenvalue weighted by Crippen LogP contribution is -2.60. The summed E-state index contributed by atoms with van der Waals surface area (Å²) in [4.78, 5) is 25.1. The number of fused-ring (bicyclic) bond motifs is 1. The largest absolute Gasteiger partial charge is 0.530 e. The van der Waals surface area contributed by atoms with Crippen molar-refractivity contribution in [3.63, 3.8) is 0 Å². The van der Waals surface area contributed by atoms with E-state index < -0.39 is 6.09 Å². The monoisotopic (exact) mass is 368 g/mol. The molecule has 3 atom stereocenters. The van der Waals surface area contributed by atoms with Crippen molar-refractivity contribution < 1.29 is 14.7 Å². The Hall–Kier alpha value is -1.40. The third-order valence-corrected chi connectivity index (χ3v) is 5.39. The van der Waals surface area contributed by atoms with Crippen LogP contribution in [0.15, 0.2) is 22.7 Å². The molecule has 1 aliphatic rings. The first-order valence-electron chi connectivity index (χ1n) is 7.38. The summed E-state index contributed by atoms with van der Waals surface area (Å²) in [7, 11) is 1.89. The van der Waals surface area contributed by atoms with Gasteiger partial charge >= 0.3 is 5.91 Å². The van der Waals surface area contributed by atoms with E-state index in [-0.39, 0.29) is 22.5 Å². The van der Waals surface area contributed by atoms with Crippen molar-refractivity contribution in [1.82, 2.24) is 9.38 Å². The lowest BCUT2D eigenvalue weighted by Gasteiger charge is -2.46. The van der Waals surface area contributed by atoms with Crippen LogP contribution < -0.4 is 9.59 Å². The van der Waals surface area contributed by atoms with Gasteiger partial charge in [-0.25, -0.2) is 9.28 Å². The predicted molar refractivity (Wildman–Crippen MR) is 87.1 cm³/mol. The highest BCUT2D eigenvalue weighted by Crippen LogP contribution is 2.44. The van der Waals surface area contributed by atoms with Gasteiger partial charge in [-0.3, -0.25) is 0 Å². The molecule has 0 spiro atoms. The number of benzene rings is 1. The smallest absolute Gasteiger partial charge is 0.315 e. The Kier molecular flexibility index (Phi) is 4.63. The zero-order chi connectivity index (χ0) is 16.7. The molecule has 0 radical (unpaired) electrons. The molecular weight excluding hydrogens is 348 g/mol. The minimum atomic E-state index is -1.18. The number of quaternary nitrogens is 1. The first-order chi connectivity index (χ1) is 10.2. The molecule has 6 heteroatoms. The number of carbonyl (C=O) groups excluding carboxylic acids is 2. The SMILES string of the molecule is CCN(C(=O)[O-])C1C[C@H](C)[N@+](C)(C(C)=O)c2ccc(Br)cc21. The summed E-state index contributed by atoms with van der Waals surface area (Å²) in [6.07, 6.45) is -0.592. The highest BCUT2D eigenvalue weighted by Gasteiger charge is 2.46. The molecule has 5 nitrogen and oxygen atoms in total. The zero-order valence-corrected chi connectivity index (χ0v) is 14.9. The number of amides is 2. The summed E-state index contributed by atoms with van der Waals surface area (Å²) < 4.78 is 1.05. The highest BCUT2D eigenvalue weighted by atomic mass is 79.9. The van der Waals surface area contributed by atoms with Gasteiger partial charge in [-0.2, -0.15) is 0 Å². The van der Waals surface area contributed by atoms with Crippen molar-refractivity contribution in [2.24, 2.45) is 0 Å². The summed E-state index contributed by atoms with van der Waals surface area (Å²) in [5.41, 5.74) is 1.73. The van der Waals surface area contributed by atoms with Gasteiger partial charge < -0.3 is 14.8 Å². The van der Waals surface area contributed by atoms with E-state index >= 15 is 0 Å². The van der Waals surface area contributed by atoms with Crippen LogP contribution in [0.2, 0.25) is 0 Å². The number of nitrogens with zero attached hydrogens (tertiary/aromatic N) is 2. The molecule has 0 fully saturated rings. The molecule has 1 aromatic rings. The molecule has 1 aliphatic heterocycles. The standard InChI is InChI=1S/C16H21BrN2O3/c1-5-18(16(21)22)14-8-10(2)19(4,11(3)20)15-7-6-12(17)9-13(14)15/h6-7,9-10,14H,5,8H2,1-4H3/t10-,14?,19+/m0/s1. The van der Waals surface area contributed by atoms with Gasteiger partial charge in [0.25, 0.3) is 0 Å². The number of halogens is 1. The first kappa shape index (κ1) is 17.0. The number of hydrogen-bond donors (Lipinski definition) is 0. The lowest BCUT2D eigenvalue weighted by atomic mass is 9.88. The lowest BCUT2D eigenvalue weighted by molar-refractivity contribution is -0.268. The number of hydrogen-bond acceptors (Lipinski definition) is 3. The summed E-state index contributed by atoms with van der Waals surface area (Å²) in [5.74, 6) is 0.0472. The fourth-order valence-electron chi connectivity index (χ4n) is 3.37. The van der Waals surface area contributed by atoms with Crippen molar-refractivity contribution >= 4 is 33.6 Å². The molecule has 0 saturated heterocycles.